The molecule has 27 heavy (non-hydrogen) atoms. The Morgan fingerprint density at radius 3 is 2.26 bits per heavy atom. The first-order valence-electron chi connectivity index (χ1n) is 9.27. The Labute approximate surface area is 162 Å². The van der Waals surface area contributed by atoms with Crippen LogP contribution < -0.4 is 11.1 Å². The van der Waals surface area contributed by atoms with Crippen LogP contribution in [0.5, 0.6) is 0 Å². The molecule has 2 fully saturated rings. The largest absolute Gasteiger partial charge is 0.481 e. The third-order valence-corrected chi connectivity index (χ3v) is 7.18. The van der Waals surface area contributed by atoms with Crippen LogP contribution in [-0.2, 0) is 9.59 Å². The van der Waals surface area contributed by atoms with Crippen LogP contribution in [0.15, 0.2) is 17.2 Å². The molecule has 2 aliphatic rings. The van der Waals surface area contributed by atoms with Gasteiger partial charge in [0, 0.05) is 4.88 Å². The molecule has 0 aliphatic heterocycles. The maximum atomic E-state index is 13.1. The second-order valence-corrected chi connectivity index (χ2v) is 9.12. The topological polar surface area (TPSA) is 109 Å². The number of fused-ring (bicyclic) bond motifs is 2. The Kier molecular flexibility index (Phi) is 5.16. The third-order valence-electron chi connectivity index (χ3n) is 5.83. The Balaban J connectivity index is 1.93. The number of allylic oxidation sites excluding steroid dienone is 2. The molecule has 0 saturated heterocycles. The second-order valence-electron chi connectivity index (χ2n) is 8.04. The average molecular weight is 391 g/mol. The van der Waals surface area contributed by atoms with Gasteiger partial charge in [0.2, 0.25) is 5.91 Å². The van der Waals surface area contributed by atoms with Gasteiger partial charge in [-0.25, -0.2) is 0 Å². The number of hydrogen-bond donors (Lipinski definition) is 3. The Hall–Kier alpha value is -2.15. The van der Waals surface area contributed by atoms with Crippen molar-refractivity contribution in [1.82, 2.24) is 0 Å². The van der Waals surface area contributed by atoms with Gasteiger partial charge in [-0.05, 0) is 50.5 Å². The van der Waals surface area contributed by atoms with E-state index in [1.54, 1.807) is 6.07 Å². The summed E-state index contributed by atoms with van der Waals surface area (Å²) in [7, 11) is 0. The Morgan fingerprint density at radius 2 is 1.78 bits per heavy atom. The molecule has 6 nitrogen and oxygen atoms in total. The van der Waals surface area contributed by atoms with E-state index < -0.39 is 23.7 Å². The standard InChI is InChI=1S/C20H26N2O4S/c1-8(2)13-7-12(17(21)23)19(27-13)22-18(24)15-10-5-6-11(14(10)9(3)4)16(15)20(25)26/h7-8,10-11,15-16H,5-6H2,1-4H3,(H2,21,23)(H,22,24)(H,25,26)/t10-,11-,15-,16+/m1/s1. The number of hydrogen-bond acceptors (Lipinski definition) is 4. The van der Waals surface area contributed by atoms with Crippen LogP contribution in [0.4, 0.5) is 5.00 Å². The molecule has 0 unspecified atom stereocenters. The van der Waals surface area contributed by atoms with Gasteiger partial charge in [0.25, 0.3) is 5.91 Å². The van der Waals surface area contributed by atoms with E-state index in [-0.39, 0.29) is 29.2 Å². The van der Waals surface area contributed by atoms with Crippen molar-refractivity contribution in [2.45, 2.75) is 46.5 Å². The summed E-state index contributed by atoms with van der Waals surface area (Å²) in [5.41, 5.74) is 8.00. The van der Waals surface area contributed by atoms with Crippen LogP contribution in [0.2, 0.25) is 0 Å². The Bertz CT molecular complexity index is 835. The van der Waals surface area contributed by atoms with Gasteiger partial charge in [-0.2, -0.15) is 0 Å². The molecule has 2 aliphatic carbocycles. The quantitative estimate of drug-likeness (QED) is 0.667. The second kappa shape index (κ2) is 7.11. The molecule has 4 atom stereocenters. The van der Waals surface area contributed by atoms with Gasteiger partial charge in [0.05, 0.1) is 17.4 Å². The van der Waals surface area contributed by atoms with Gasteiger partial charge in [0.1, 0.15) is 5.00 Å². The first-order chi connectivity index (χ1) is 12.6. The number of primary amides is 1. The summed E-state index contributed by atoms with van der Waals surface area (Å²) < 4.78 is 0. The number of carboxylic acid groups (broad SMARTS) is 1. The molecule has 2 saturated carbocycles. The fourth-order valence-corrected chi connectivity index (χ4v) is 5.84. The minimum Gasteiger partial charge on any atom is -0.481 e. The fraction of sp³-hybridized carbons (Fsp3) is 0.550. The SMILES string of the molecule is CC(C)=C1[C@H]2CC[C@H]1[C@@H](C(=O)Nc1sc(C(C)C)cc1C(N)=O)[C@H]2C(=O)O. The molecule has 1 aromatic rings. The van der Waals surface area contributed by atoms with E-state index in [2.05, 4.69) is 5.32 Å². The highest BCUT2D eigenvalue weighted by Gasteiger charge is 2.57. The summed E-state index contributed by atoms with van der Waals surface area (Å²) in [5.74, 6) is -3.09. The molecular formula is C20H26N2O4S. The Morgan fingerprint density at radius 1 is 1.19 bits per heavy atom. The molecule has 0 aromatic carbocycles. The molecule has 0 radical (unpaired) electrons. The molecule has 2 bridgehead atoms. The average Bonchev–Trinajstić information content (AvgIpc) is 3.24. The lowest BCUT2D eigenvalue weighted by Gasteiger charge is -2.26. The van der Waals surface area contributed by atoms with Crippen molar-refractivity contribution in [3.63, 3.8) is 0 Å². The molecule has 1 aromatic heterocycles. The van der Waals surface area contributed by atoms with Crippen molar-refractivity contribution in [2.75, 3.05) is 5.32 Å². The minimum atomic E-state index is -0.926. The molecule has 7 heteroatoms. The zero-order valence-corrected chi connectivity index (χ0v) is 16.9. The van der Waals surface area contributed by atoms with E-state index in [4.69, 9.17) is 5.73 Å². The summed E-state index contributed by atoms with van der Waals surface area (Å²) >= 11 is 1.33. The minimum absolute atomic E-state index is 0.0392. The zero-order valence-electron chi connectivity index (χ0n) is 16.0. The van der Waals surface area contributed by atoms with Gasteiger partial charge >= 0.3 is 5.97 Å². The van der Waals surface area contributed by atoms with Gasteiger partial charge < -0.3 is 16.2 Å². The van der Waals surface area contributed by atoms with E-state index in [1.165, 1.54) is 11.3 Å². The predicted molar refractivity (Wildman–Crippen MR) is 105 cm³/mol. The number of anilines is 1. The van der Waals surface area contributed by atoms with Crippen molar-refractivity contribution in [1.29, 1.82) is 0 Å². The summed E-state index contributed by atoms with van der Waals surface area (Å²) in [4.78, 5) is 37.7. The maximum absolute atomic E-state index is 13.1. The highest BCUT2D eigenvalue weighted by Crippen LogP contribution is 2.57. The summed E-state index contributed by atoms with van der Waals surface area (Å²) in [6, 6.07) is 1.71. The van der Waals surface area contributed by atoms with Crippen molar-refractivity contribution >= 4 is 34.1 Å². The van der Waals surface area contributed by atoms with Gasteiger partial charge in [-0.3, -0.25) is 14.4 Å². The number of aliphatic carboxylic acids is 1. The highest BCUT2D eigenvalue weighted by molar-refractivity contribution is 7.16. The normalized spacial score (nSPS) is 26.5. The number of nitrogens with two attached hydrogens (primary N) is 1. The van der Waals surface area contributed by atoms with Crippen LogP contribution >= 0.6 is 11.3 Å². The predicted octanol–water partition coefficient (Wildman–Crippen LogP) is 3.60. The number of nitrogens with one attached hydrogen (secondary N) is 1. The number of carboxylic acids is 1. The smallest absolute Gasteiger partial charge is 0.307 e. The number of rotatable bonds is 5. The summed E-state index contributed by atoms with van der Waals surface area (Å²) in [5, 5.41) is 13.0. The van der Waals surface area contributed by atoms with Crippen LogP contribution in [0.25, 0.3) is 0 Å². The number of carbonyl (C=O) groups is 3. The lowest BCUT2D eigenvalue weighted by molar-refractivity contribution is -0.148. The molecule has 4 N–H and O–H groups in total. The maximum Gasteiger partial charge on any atom is 0.307 e. The van der Waals surface area contributed by atoms with Crippen LogP contribution in [0.1, 0.15) is 61.7 Å². The first kappa shape index (κ1) is 19.6. The fourth-order valence-electron chi connectivity index (χ4n) is 4.77. The lowest BCUT2D eigenvalue weighted by atomic mass is 9.79. The van der Waals surface area contributed by atoms with Gasteiger partial charge in [-0.1, -0.05) is 25.0 Å². The number of carbonyl (C=O) groups excluding carboxylic acids is 2. The van der Waals surface area contributed by atoms with E-state index in [0.29, 0.717) is 5.00 Å². The number of amides is 2. The summed E-state index contributed by atoms with van der Waals surface area (Å²) in [6.07, 6.45) is 1.65. The van der Waals surface area contributed by atoms with E-state index in [9.17, 15) is 19.5 Å². The van der Waals surface area contributed by atoms with Gasteiger partial charge in [-0.15, -0.1) is 11.3 Å². The zero-order chi connectivity index (χ0) is 20.0. The van der Waals surface area contributed by atoms with Crippen molar-refractivity contribution < 1.29 is 19.5 Å². The van der Waals surface area contributed by atoms with E-state index in [1.807, 2.05) is 27.7 Å². The highest BCUT2D eigenvalue weighted by atomic mass is 32.1. The lowest BCUT2D eigenvalue weighted by Crippen LogP contribution is -2.38. The van der Waals surface area contributed by atoms with Crippen LogP contribution in [-0.4, -0.2) is 22.9 Å². The molecule has 3 rings (SSSR count). The number of thiophene rings is 1. The first-order valence-corrected chi connectivity index (χ1v) is 10.1. The van der Waals surface area contributed by atoms with Crippen LogP contribution in [0, 0.1) is 23.7 Å². The van der Waals surface area contributed by atoms with Crippen molar-refractivity contribution in [3.05, 3.63) is 27.7 Å². The third kappa shape index (κ3) is 3.29. The van der Waals surface area contributed by atoms with Gasteiger partial charge in [0.15, 0.2) is 0 Å². The van der Waals surface area contributed by atoms with Crippen molar-refractivity contribution in [2.24, 2.45) is 29.4 Å². The monoisotopic (exact) mass is 390 g/mol. The van der Waals surface area contributed by atoms with E-state index in [0.717, 1.165) is 28.9 Å². The molecule has 0 spiro atoms. The molecule has 1 heterocycles. The van der Waals surface area contributed by atoms with Crippen LogP contribution in [0.3, 0.4) is 0 Å². The van der Waals surface area contributed by atoms with E-state index >= 15 is 0 Å². The van der Waals surface area contributed by atoms with Crippen molar-refractivity contribution in [3.8, 4) is 0 Å². The molecular weight excluding hydrogens is 364 g/mol. The summed E-state index contributed by atoms with van der Waals surface area (Å²) in [6.45, 7) is 7.97. The molecule has 146 valence electrons. The molecule has 2 amide bonds.